The van der Waals surface area contributed by atoms with Gasteiger partial charge in [0, 0.05) is 25.3 Å². The van der Waals surface area contributed by atoms with Crippen molar-refractivity contribution in [3.05, 3.63) is 23.8 Å². The maximum atomic E-state index is 13.4. The minimum absolute atomic E-state index is 0.0349. The molecule has 0 radical (unpaired) electrons. The molecule has 0 amide bonds. The minimum Gasteiger partial charge on any atom is -0.467 e. The number of Topliss-reactive ketones (excluding diaryl/α,β-unsaturated/α-hetero) is 1. The highest BCUT2D eigenvalue weighted by molar-refractivity contribution is 5.88. The van der Waals surface area contributed by atoms with Gasteiger partial charge in [-0.05, 0) is 44.1 Å². The molecule has 3 aliphatic rings. The van der Waals surface area contributed by atoms with E-state index in [1.54, 1.807) is 20.8 Å². The summed E-state index contributed by atoms with van der Waals surface area (Å²) in [7, 11) is 1.22. The Labute approximate surface area is 229 Å². The number of allylic oxidation sites excluding steroid dienone is 1. The number of epoxide rings is 1. The molecule has 0 unspecified atom stereocenters. The lowest BCUT2D eigenvalue weighted by Gasteiger charge is -2.48. The molecule has 0 aromatic carbocycles. The molecule has 1 saturated heterocycles. The zero-order chi connectivity index (χ0) is 29.2. The number of carbonyl (C=O) groups is 5. The Balaban J connectivity index is 2.18. The first-order chi connectivity index (χ1) is 18.3. The fourth-order valence-corrected chi connectivity index (χ4v) is 5.98. The van der Waals surface area contributed by atoms with Crippen LogP contribution in [0.4, 0.5) is 0 Å². The van der Waals surface area contributed by atoms with Gasteiger partial charge in [-0.2, -0.15) is 0 Å². The van der Waals surface area contributed by atoms with E-state index in [1.807, 2.05) is 13.8 Å². The van der Waals surface area contributed by atoms with Crippen LogP contribution in [-0.4, -0.2) is 67.3 Å². The third-order valence-electron chi connectivity index (χ3n) is 8.40. The molecular formula is C29H40O10. The lowest BCUT2D eigenvalue weighted by atomic mass is 9.61. The molecule has 1 aliphatic heterocycles. The van der Waals surface area contributed by atoms with Crippen molar-refractivity contribution in [1.29, 1.82) is 0 Å². The standard InChI is InChI=1S/C29H40O10/c1-9-14(3)11-21(32)38-26-24(29(13-36-29)28(34)35-8)23-19(12-20(31)22(23)17(6)37-18(7)30)16(5)25(26)39-27(33)15(4)10-2/h11,15,17,19,22-26H,5,9-10,12-13H2,1-4,6-8H3/b14-11+/t15-,17+,19-,22-,23+,24-,25+,26-,29-/m1/s1. The van der Waals surface area contributed by atoms with E-state index in [2.05, 4.69) is 6.58 Å². The van der Waals surface area contributed by atoms with E-state index in [0.717, 1.165) is 5.57 Å². The first-order valence-corrected chi connectivity index (χ1v) is 13.5. The number of ether oxygens (including phenoxy) is 5. The Kier molecular flexibility index (Phi) is 9.41. The molecule has 10 nitrogen and oxygen atoms in total. The molecular weight excluding hydrogens is 508 g/mol. The van der Waals surface area contributed by atoms with Crippen LogP contribution in [0, 0.1) is 29.6 Å². The molecule has 3 fully saturated rings. The molecule has 0 aromatic rings. The summed E-state index contributed by atoms with van der Waals surface area (Å²) in [5.74, 6) is -6.04. The van der Waals surface area contributed by atoms with Crippen molar-refractivity contribution >= 4 is 29.7 Å². The summed E-state index contributed by atoms with van der Waals surface area (Å²) in [6.07, 6.45) is -0.647. The summed E-state index contributed by atoms with van der Waals surface area (Å²) in [6, 6.07) is 0. The molecule has 0 N–H and O–H groups in total. The number of fused-ring (bicyclic) bond motifs is 1. The highest BCUT2D eigenvalue weighted by atomic mass is 16.6. The van der Waals surface area contributed by atoms with E-state index in [-0.39, 0.29) is 18.8 Å². The van der Waals surface area contributed by atoms with Crippen LogP contribution in [0.15, 0.2) is 23.8 Å². The van der Waals surface area contributed by atoms with Gasteiger partial charge in [-0.1, -0.05) is 32.9 Å². The number of ketones is 1. The predicted octanol–water partition coefficient (Wildman–Crippen LogP) is 3.11. The molecule has 2 saturated carbocycles. The topological polar surface area (TPSA) is 135 Å². The molecule has 2 aliphatic carbocycles. The largest absolute Gasteiger partial charge is 0.467 e. The zero-order valence-electron chi connectivity index (χ0n) is 23.8. The Hall–Kier alpha value is -3.01. The van der Waals surface area contributed by atoms with E-state index in [1.165, 1.54) is 20.1 Å². The first kappa shape index (κ1) is 30.5. The molecule has 1 heterocycles. The normalized spacial score (nSPS) is 33.5. The second-order valence-corrected chi connectivity index (χ2v) is 10.9. The maximum absolute atomic E-state index is 13.4. The number of hydrogen-bond acceptors (Lipinski definition) is 10. The van der Waals surface area contributed by atoms with Crippen molar-refractivity contribution in [2.24, 2.45) is 29.6 Å². The van der Waals surface area contributed by atoms with Crippen LogP contribution < -0.4 is 0 Å². The molecule has 9 atom stereocenters. The number of hydrogen-bond donors (Lipinski definition) is 0. The van der Waals surface area contributed by atoms with Crippen molar-refractivity contribution in [1.82, 2.24) is 0 Å². The second kappa shape index (κ2) is 12.0. The first-order valence-electron chi connectivity index (χ1n) is 13.5. The van der Waals surface area contributed by atoms with Gasteiger partial charge in [-0.15, -0.1) is 0 Å². The fraction of sp³-hybridized carbons (Fsp3) is 0.690. The zero-order valence-corrected chi connectivity index (χ0v) is 23.8. The molecule has 3 rings (SSSR count). The average Bonchev–Trinajstić information content (AvgIpc) is 3.60. The highest BCUT2D eigenvalue weighted by Crippen LogP contribution is 2.58. The summed E-state index contributed by atoms with van der Waals surface area (Å²) in [5.41, 5.74) is -0.361. The van der Waals surface area contributed by atoms with Gasteiger partial charge in [0.2, 0.25) is 0 Å². The number of methoxy groups -OCH3 is 1. The van der Waals surface area contributed by atoms with Gasteiger partial charge in [0.15, 0.2) is 11.7 Å². The number of esters is 4. The Bertz CT molecular complexity index is 1050. The quantitative estimate of drug-likeness (QED) is 0.132. The molecule has 216 valence electrons. The monoisotopic (exact) mass is 548 g/mol. The van der Waals surface area contributed by atoms with E-state index < -0.39 is 77.4 Å². The molecule has 0 aromatic heterocycles. The van der Waals surface area contributed by atoms with Crippen LogP contribution in [0.1, 0.15) is 60.8 Å². The lowest BCUT2D eigenvalue weighted by Crippen LogP contribution is -2.59. The van der Waals surface area contributed by atoms with Crippen molar-refractivity contribution in [3.63, 3.8) is 0 Å². The van der Waals surface area contributed by atoms with Crippen LogP contribution in [-0.2, 0) is 47.7 Å². The summed E-state index contributed by atoms with van der Waals surface area (Å²) in [5, 5.41) is 0. The summed E-state index contributed by atoms with van der Waals surface area (Å²) >= 11 is 0. The van der Waals surface area contributed by atoms with Gasteiger partial charge >= 0.3 is 23.9 Å². The number of carbonyl (C=O) groups excluding carboxylic acids is 5. The fourth-order valence-electron chi connectivity index (χ4n) is 5.98. The highest BCUT2D eigenvalue weighted by Gasteiger charge is 2.72. The molecule has 10 heteroatoms. The third kappa shape index (κ3) is 5.95. The van der Waals surface area contributed by atoms with Crippen molar-refractivity contribution in [3.8, 4) is 0 Å². The van der Waals surface area contributed by atoms with Crippen LogP contribution in [0.5, 0.6) is 0 Å². The van der Waals surface area contributed by atoms with E-state index >= 15 is 0 Å². The Morgan fingerprint density at radius 1 is 1.15 bits per heavy atom. The van der Waals surface area contributed by atoms with Gasteiger partial charge in [0.25, 0.3) is 0 Å². The van der Waals surface area contributed by atoms with Crippen molar-refractivity contribution in [2.45, 2.75) is 84.7 Å². The van der Waals surface area contributed by atoms with Gasteiger partial charge in [0.05, 0.1) is 25.6 Å². The average molecular weight is 549 g/mol. The van der Waals surface area contributed by atoms with Gasteiger partial charge in [-0.3, -0.25) is 14.4 Å². The maximum Gasteiger partial charge on any atom is 0.341 e. The van der Waals surface area contributed by atoms with E-state index in [0.29, 0.717) is 18.4 Å². The smallest absolute Gasteiger partial charge is 0.341 e. The van der Waals surface area contributed by atoms with Gasteiger partial charge in [0.1, 0.15) is 18.0 Å². The number of rotatable bonds is 10. The predicted molar refractivity (Wildman–Crippen MR) is 138 cm³/mol. The van der Waals surface area contributed by atoms with Gasteiger partial charge in [-0.25, -0.2) is 9.59 Å². The third-order valence-corrected chi connectivity index (χ3v) is 8.40. The molecule has 39 heavy (non-hydrogen) atoms. The lowest BCUT2D eigenvalue weighted by molar-refractivity contribution is -0.187. The Morgan fingerprint density at radius 3 is 2.31 bits per heavy atom. The summed E-state index contributed by atoms with van der Waals surface area (Å²) in [6.45, 7) is 14.3. The summed E-state index contributed by atoms with van der Waals surface area (Å²) in [4.78, 5) is 64.5. The van der Waals surface area contributed by atoms with Crippen molar-refractivity contribution in [2.75, 3.05) is 13.7 Å². The van der Waals surface area contributed by atoms with Gasteiger partial charge < -0.3 is 23.7 Å². The van der Waals surface area contributed by atoms with Crippen LogP contribution in [0.25, 0.3) is 0 Å². The van der Waals surface area contributed by atoms with E-state index in [9.17, 15) is 24.0 Å². The Morgan fingerprint density at radius 2 is 1.79 bits per heavy atom. The van der Waals surface area contributed by atoms with Crippen molar-refractivity contribution < 1.29 is 47.7 Å². The summed E-state index contributed by atoms with van der Waals surface area (Å²) < 4.78 is 28.2. The molecule has 0 spiro atoms. The van der Waals surface area contributed by atoms with Crippen LogP contribution in [0.2, 0.25) is 0 Å². The van der Waals surface area contributed by atoms with E-state index in [4.69, 9.17) is 23.7 Å². The van der Waals surface area contributed by atoms with Crippen LogP contribution in [0.3, 0.4) is 0 Å². The minimum atomic E-state index is -1.54. The second-order valence-electron chi connectivity index (χ2n) is 10.9. The van der Waals surface area contributed by atoms with Crippen LogP contribution >= 0.6 is 0 Å². The SMILES string of the molecule is C=C1[C@H]2CC(=O)[C@@H]([C@H](C)OC(C)=O)[C@H]2[C@@H]([C@@]2(C(=O)OC)CO2)[C@@H](OC(=O)/C=C(\C)CC)[C@H]1OC(=O)[C@H](C)CC. The molecule has 0 bridgehead atoms.